The summed E-state index contributed by atoms with van der Waals surface area (Å²) in [6, 6.07) is 9.44. The average Bonchev–Trinajstić information content (AvgIpc) is 2.35. The number of benzene rings is 2. The summed E-state index contributed by atoms with van der Waals surface area (Å²) in [7, 11) is 0. The van der Waals surface area contributed by atoms with Gasteiger partial charge < -0.3 is 4.74 Å². The maximum absolute atomic E-state index is 13.7. The second-order valence-corrected chi connectivity index (χ2v) is 4.83. The van der Waals surface area contributed by atoms with Crippen LogP contribution in [0.3, 0.4) is 0 Å². The van der Waals surface area contributed by atoms with E-state index >= 15 is 0 Å². The predicted molar refractivity (Wildman–Crippen MR) is 69.6 cm³/mol. The molecule has 0 amide bonds. The molecule has 2 rings (SSSR count). The summed E-state index contributed by atoms with van der Waals surface area (Å²) in [4.78, 5) is 0. The molecule has 0 aliphatic carbocycles. The minimum atomic E-state index is -0.409. The number of aryl methyl sites for hydroxylation is 1. The molecule has 1 nitrogen and oxygen atoms in total. The fourth-order valence-electron chi connectivity index (χ4n) is 1.54. The summed E-state index contributed by atoms with van der Waals surface area (Å²) < 4.78 is 33.2. The van der Waals surface area contributed by atoms with Crippen molar-refractivity contribution in [2.24, 2.45) is 0 Å². The summed E-state index contributed by atoms with van der Waals surface area (Å²) in [5.41, 5.74) is 0.882. The van der Waals surface area contributed by atoms with Gasteiger partial charge in [-0.05, 0) is 36.8 Å². The lowest BCUT2D eigenvalue weighted by Gasteiger charge is -2.09. The van der Waals surface area contributed by atoms with E-state index in [4.69, 9.17) is 4.74 Å². The van der Waals surface area contributed by atoms with Gasteiger partial charge in [-0.2, -0.15) is 0 Å². The van der Waals surface area contributed by atoms with E-state index < -0.39 is 5.82 Å². The highest BCUT2D eigenvalue weighted by Crippen LogP contribution is 2.22. The van der Waals surface area contributed by atoms with Crippen molar-refractivity contribution in [3.63, 3.8) is 0 Å². The summed E-state index contributed by atoms with van der Waals surface area (Å²) in [6.45, 7) is 1.65. The molecule has 0 unspecified atom stereocenters. The Balaban J connectivity index is 2.16. The van der Waals surface area contributed by atoms with Crippen molar-refractivity contribution in [1.82, 2.24) is 0 Å². The Bertz CT molecular complexity index is 568. The third-order valence-corrected chi connectivity index (χ3v) is 3.04. The van der Waals surface area contributed by atoms with E-state index in [-0.39, 0.29) is 18.2 Å². The minimum Gasteiger partial charge on any atom is -0.486 e. The second kappa shape index (κ2) is 5.48. The van der Waals surface area contributed by atoms with E-state index in [0.29, 0.717) is 11.1 Å². The third kappa shape index (κ3) is 2.88. The van der Waals surface area contributed by atoms with Gasteiger partial charge in [-0.1, -0.05) is 28.1 Å². The van der Waals surface area contributed by atoms with E-state index in [1.54, 1.807) is 31.2 Å². The molecule has 2 aromatic carbocycles. The van der Waals surface area contributed by atoms with Crippen LogP contribution in [0.25, 0.3) is 0 Å². The highest BCUT2D eigenvalue weighted by Gasteiger charge is 2.08. The Labute approximate surface area is 113 Å². The Morgan fingerprint density at radius 2 is 1.94 bits per heavy atom. The van der Waals surface area contributed by atoms with E-state index in [1.807, 2.05) is 0 Å². The number of rotatable bonds is 3. The van der Waals surface area contributed by atoms with E-state index in [2.05, 4.69) is 15.9 Å². The average molecular weight is 313 g/mol. The Kier molecular flexibility index (Phi) is 3.97. The zero-order valence-corrected chi connectivity index (χ0v) is 11.3. The first-order valence-corrected chi connectivity index (χ1v) is 6.19. The van der Waals surface area contributed by atoms with Crippen molar-refractivity contribution in [3.8, 4) is 5.75 Å². The van der Waals surface area contributed by atoms with Gasteiger partial charge in [-0.15, -0.1) is 0 Å². The normalized spacial score (nSPS) is 10.4. The molecule has 18 heavy (non-hydrogen) atoms. The Hall–Kier alpha value is -1.42. The third-order valence-electron chi connectivity index (χ3n) is 2.55. The van der Waals surface area contributed by atoms with Crippen LogP contribution in [0.4, 0.5) is 8.78 Å². The van der Waals surface area contributed by atoms with E-state index in [9.17, 15) is 8.78 Å². The van der Waals surface area contributed by atoms with Gasteiger partial charge >= 0.3 is 0 Å². The SMILES string of the molecule is Cc1cccc(OCc2cc(Br)ccc2F)c1F. The number of hydrogen-bond donors (Lipinski definition) is 0. The lowest BCUT2D eigenvalue weighted by molar-refractivity contribution is 0.284. The van der Waals surface area contributed by atoms with Crippen molar-refractivity contribution in [2.45, 2.75) is 13.5 Å². The molecular formula is C14H11BrF2O. The maximum Gasteiger partial charge on any atom is 0.167 e. The van der Waals surface area contributed by atoms with Crippen LogP contribution >= 0.6 is 15.9 Å². The van der Waals surface area contributed by atoms with Gasteiger partial charge in [-0.25, -0.2) is 8.78 Å². The number of hydrogen-bond acceptors (Lipinski definition) is 1. The quantitative estimate of drug-likeness (QED) is 0.804. The molecule has 0 aliphatic heterocycles. The first kappa shape index (κ1) is 13.0. The van der Waals surface area contributed by atoms with Crippen LogP contribution in [0.2, 0.25) is 0 Å². The highest BCUT2D eigenvalue weighted by molar-refractivity contribution is 9.10. The molecule has 0 bridgehead atoms. The molecule has 94 valence electrons. The van der Waals surface area contributed by atoms with Crippen LogP contribution in [0, 0.1) is 18.6 Å². The fraction of sp³-hybridized carbons (Fsp3) is 0.143. The lowest BCUT2D eigenvalue weighted by atomic mass is 10.2. The van der Waals surface area contributed by atoms with Crippen LogP contribution in [-0.2, 0) is 6.61 Å². The van der Waals surface area contributed by atoms with Gasteiger partial charge in [0.1, 0.15) is 12.4 Å². The van der Waals surface area contributed by atoms with Crippen molar-refractivity contribution in [3.05, 3.63) is 63.6 Å². The van der Waals surface area contributed by atoms with Crippen LogP contribution < -0.4 is 4.74 Å². The first-order chi connectivity index (χ1) is 8.58. The van der Waals surface area contributed by atoms with Gasteiger partial charge in [0.15, 0.2) is 11.6 Å². The molecule has 0 saturated heterocycles. The second-order valence-electron chi connectivity index (χ2n) is 3.91. The largest absolute Gasteiger partial charge is 0.486 e. The van der Waals surface area contributed by atoms with Crippen molar-refractivity contribution < 1.29 is 13.5 Å². The molecule has 0 saturated carbocycles. The molecule has 0 fully saturated rings. The molecule has 0 N–H and O–H groups in total. The minimum absolute atomic E-state index is 0.00829. The monoisotopic (exact) mass is 312 g/mol. The predicted octanol–water partition coefficient (Wildman–Crippen LogP) is 4.61. The topological polar surface area (TPSA) is 9.23 Å². The molecule has 0 atom stereocenters. The van der Waals surface area contributed by atoms with Gasteiger partial charge in [0, 0.05) is 10.0 Å². The van der Waals surface area contributed by atoms with Crippen LogP contribution in [-0.4, -0.2) is 0 Å². The maximum atomic E-state index is 13.7. The van der Waals surface area contributed by atoms with Gasteiger partial charge in [0.05, 0.1) is 0 Å². The number of ether oxygens (including phenoxy) is 1. The summed E-state index contributed by atoms with van der Waals surface area (Å²) in [6.07, 6.45) is 0. The smallest absolute Gasteiger partial charge is 0.167 e. The molecule has 0 spiro atoms. The summed E-state index contributed by atoms with van der Waals surface area (Å²) in [5.74, 6) is -0.645. The zero-order chi connectivity index (χ0) is 13.1. The van der Waals surface area contributed by atoms with E-state index in [1.165, 1.54) is 12.1 Å². The van der Waals surface area contributed by atoms with Crippen LogP contribution in [0.1, 0.15) is 11.1 Å². The van der Waals surface area contributed by atoms with Gasteiger partial charge in [0.2, 0.25) is 0 Å². The summed E-state index contributed by atoms with van der Waals surface area (Å²) >= 11 is 3.25. The Morgan fingerprint density at radius 3 is 2.72 bits per heavy atom. The van der Waals surface area contributed by atoms with Gasteiger partial charge in [-0.3, -0.25) is 0 Å². The van der Waals surface area contributed by atoms with E-state index in [0.717, 1.165) is 4.47 Å². The fourth-order valence-corrected chi connectivity index (χ4v) is 1.95. The van der Waals surface area contributed by atoms with Crippen LogP contribution in [0.15, 0.2) is 40.9 Å². The molecule has 0 heterocycles. The van der Waals surface area contributed by atoms with Crippen molar-refractivity contribution in [1.29, 1.82) is 0 Å². The molecule has 0 aromatic heterocycles. The Morgan fingerprint density at radius 1 is 1.17 bits per heavy atom. The van der Waals surface area contributed by atoms with Crippen LogP contribution in [0.5, 0.6) is 5.75 Å². The molecule has 0 radical (unpaired) electrons. The molecule has 0 aliphatic rings. The van der Waals surface area contributed by atoms with Crippen molar-refractivity contribution >= 4 is 15.9 Å². The lowest BCUT2D eigenvalue weighted by Crippen LogP contribution is -2.00. The number of halogens is 3. The molecular weight excluding hydrogens is 302 g/mol. The standard InChI is InChI=1S/C14H11BrF2O/c1-9-3-2-4-13(14(9)17)18-8-10-7-11(15)5-6-12(10)16/h2-7H,8H2,1H3. The summed E-state index contributed by atoms with van der Waals surface area (Å²) in [5, 5.41) is 0. The van der Waals surface area contributed by atoms with Gasteiger partial charge in [0.25, 0.3) is 0 Å². The highest BCUT2D eigenvalue weighted by atomic mass is 79.9. The molecule has 2 aromatic rings. The first-order valence-electron chi connectivity index (χ1n) is 5.40. The zero-order valence-electron chi connectivity index (χ0n) is 9.71. The van der Waals surface area contributed by atoms with Crippen molar-refractivity contribution in [2.75, 3.05) is 0 Å². The molecule has 4 heteroatoms.